The second kappa shape index (κ2) is 10.9. The molecule has 5 nitrogen and oxygen atoms in total. The molecule has 1 aromatic heterocycles. The summed E-state index contributed by atoms with van der Waals surface area (Å²) in [5.41, 5.74) is 8.24. The lowest BCUT2D eigenvalue weighted by Gasteiger charge is -2.58. The number of hydrogen-bond donors (Lipinski definition) is 1. The third-order valence-electron chi connectivity index (χ3n) is 11.3. The van der Waals surface area contributed by atoms with E-state index in [2.05, 4.69) is 59.7 Å². The molecule has 5 aliphatic rings. The van der Waals surface area contributed by atoms with E-state index in [9.17, 15) is 4.79 Å². The van der Waals surface area contributed by atoms with Gasteiger partial charge in [0.25, 0.3) is 0 Å². The van der Waals surface area contributed by atoms with Crippen LogP contribution in [0.1, 0.15) is 90.0 Å². The van der Waals surface area contributed by atoms with Gasteiger partial charge in [-0.25, -0.2) is 0 Å². The Morgan fingerprint density at radius 3 is 2.79 bits per heavy atom. The molecule has 0 amide bonds. The molecule has 3 fully saturated rings. The maximum atomic E-state index is 12.2. The average molecular weight is 518 g/mol. The minimum atomic E-state index is -0.112. The van der Waals surface area contributed by atoms with Crippen LogP contribution in [0, 0.1) is 34.5 Å². The topological polar surface area (TPSA) is 54.5 Å². The van der Waals surface area contributed by atoms with E-state index in [1.807, 2.05) is 6.20 Å². The van der Waals surface area contributed by atoms with E-state index in [4.69, 9.17) is 4.84 Å². The van der Waals surface area contributed by atoms with Crippen molar-refractivity contribution in [2.45, 2.75) is 84.5 Å². The molecule has 6 atom stereocenters. The Labute approximate surface area is 229 Å². The Morgan fingerprint density at radius 1 is 1.13 bits per heavy atom. The van der Waals surface area contributed by atoms with Crippen LogP contribution in [-0.2, 0) is 9.63 Å². The molecular formula is C33H47N3O2. The van der Waals surface area contributed by atoms with Crippen LogP contribution in [0.3, 0.4) is 0 Å². The van der Waals surface area contributed by atoms with E-state index in [0.717, 1.165) is 37.3 Å². The predicted octanol–water partition coefficient (Wildman–Crippen LogP) is 6.58. The first kappa shape index (κ1) is 26.3. The zero-order valence-electron chi connectivity index (χ0n) is 23.6. The number of fused-ring (bicyclic) bond motifs is 5. The fraction of sp³-hybridized carbons (Fsp3) is 0.697. The lowest BCUT2D eigenvalue weighted by molar-refractivity contribution is -0.151. The van der Waals surface area contributed by atoms with E-state index in [-0.39, 0.29) is 5.97 Å². The largest absolute Gasteiger partial charge is 0.371 e. The summed E-state index contributed by atoms with van der Waals surface area (Å²) in [6.45, 7) is 9.26. The smallest absolute Gasteiger partial charge is 0.324 e. The van der Waals surface area contributed by atoms with Gasteiger partial charge in [0.05, 0.1) is 0 Å². The Balaban J connectivity index is 1.03. The first-order valence-electron chi connectivity index (χ1n) is 15.4. The van der Waals surface area contributed by atoms with Crippen LogP contribution in [0.4, 0.5) is 0 Å². The van der Waals surface area contributed by atoms with Gasteiger partial charge < -0.3 is 9.74 Å². The van der Waals surface area contributed by atoms with Crippen molar-refractivity contribution in [1.29, 1.82) is 0 Å². The Hall–Kier alpha value is -1.98. The number of pyridine rings is 1. The minimum absolute atomic E-state index is 0.112. The summed E-state index contributed by atoms with van der Waals surface area (Å²) in [4.78, 5) is 24.5. The number of hydroxylamine groups is 1. The van der Waals surface area contributed by atoms with Crippen LogP contribution < -0.4 is 5.48 Å². The van der Waals surface area contributed by atoms with Gasteiger partial charge in [-0.2, -0.15) is 5.48 Å². The molecule has 38 heavy (non-hydrogen) atoms. The van der Waals surface area contributed by atoms with Gasteiger partial charge >= 0.3 is 5.97 Å². The number of hydrogen-bond acceptors (Lipinski definition) is 5. The van der Waals surface area contributed by atoms with Crippen LogP contribution in [0.2, 0.25) is 0 Å². The molecule has 1 saturated heterocycles. The van der Waals surface area contributed by atoms with Crippen LogP contribution >= 0.6 is 0 Å². The van der Waals surface area contributed by atoms with Gasteiger partial charge in [-0.05, 0) is 136 Å². The number of nitrogens with one attached hydrogen (secondary N) is 1. The van der Waals surface area contributed by atoms with E-state index < -0.39 is 0 Å². The van der Waals surface area contributed by atoms with Gasteiger partial charge in [0.1, 0.15) is 0 Å². The highest BCUT2D eigenvalue weighted by Gasteiger charge is 2.57. The molecule has 0 spiro atoms. The van der Waals surface area contributed by atoms with Gasteiger partial charge in [0.15, 0.2) is 0 Å². The molecule has 1 N–H and O–H groups in total. The highest BCUT2D eigenvalue weighted by Crippen LogP contribution is 2.66. The molecule has 1 aliphatic heterocycles. The summed E-state index contributed by atoms with van der Waals surface area (Å²) in [5, 5.41) is 0. The molecule has 1 unspecified atom stereocenters. The number of aromatic nitrogens is 1. The maximum absolute atomic E-state index is 12.2. The first-order valence-corrected chi connectivity index (χ1v) is 15.4. The van der Waals surface area contributed by atoms with Crippen LogP contribution in [0.15, 0.2) is 42.3 Å². The molecule has 0 aromatic carbocycles. The molecule has 4 aliphatic carbocycles. The van der Waals surface area contributed by atoms with Gasteiger partial charge in [-0.3, -0.25) is 9.78 Å². The molecule has 0 radical (unpaired) electrons. The molecule has 1 aromatic rings. The Morgan fingerprint density at radius 2 is 1.97 bits per heavy atom. The number of rotatable bonds is 8. The summed E-state index contributed by atoms with van der Waals surface area (Å²) < 4.78 is 0. The standard InChI is InChI=1S/C33H47N3O2/c1-32-15-13-24(22-35-38-31(37)8-6-20-36-18-3-4-19-36)21-26(32)9-10-27-29-12-11-28(25-7-5-17-34-23-25)33(29,2)16-14-30(27)32/h5,7,11,17,21,23-24,27,29-30,35H,3-4,6,8-10,12-16,18-20,22H2,1-2H3/t24?,27-,29+,30+,32+,33-/m1/s1. The normalized spacial score (nSPS) is 36.6. The summed E-state index contributed by atoms with van der Waals surface area (Å²) in [6.07, 6.45) is 21.9. The fourth-order valence-corrected chi connectivity index (χ4v) is 9.23. The average Bonchev–Trinajstić information content (AvgIpc) is 3.57. The van der Waals surface area contributed by atoms with Crippen LogP contribution in [0.5, 0.6) is 0 Å². The predicted molar refractivity (Wildman–Crippen MR) is 152 cm³/mol. The first-order chi connectivity index (χ1) is 18.5. The van der Waals surface area contributed by atoms with Crippen LogP contribution in [0.25, 0.3) is 5.57 Å². The monoisotopic (exact) mass is 517 g/mol. The quantitative estimate of drug-likeness (QED) is 0.312. The minimum Gasteiger partial charge on any atom is -0.371 e. The van der Waals surface area contributed by atoms with E-state index >= 15 is 0 Å². The Kier molecular flexibility index (Phi) is 7.52. The highest BCUT2D eigenvalue weighted by molar-refractivity contribution is 5.72. The Bertz CT molecular complexity index is 1060. The summed E-state index contributed by atoms with van der Waals surface area (Å²) in [6, 6.07) is 4.34. The van der Waals surface area contributed by atoms with Crippen molar-refractivity contribution in [1.82, 2.24) is 15.4 Å². The number of allylic oxidation sites excluding steroid dienone is 3. The summed E-state index contributed by atoms with van der Waals surface area (Å²) in [5.74, 6) is 2.73. The second-order valence-corrected chi connectivity index (χ2v) is 13.3. The van der Waals surface area contributed by atoms with E-state index in [1.54, 1.807) is 11.1 Å². The van der Waals surface area contributed by atoms with Crippen LogP contribution in [-0.4, -0.2) is 42.0 Å². The lowest BCUT2D eigenvalue weighted by atomic mass is 9.46. The summed E-state index contributed by atoms with van der Waals surface area (Å²) >= 11 is 0. The van der Waals surface area contributed by atoms with E-state index in [1.165, 1.54) is 76.4 Å². The van der Waals surface area contributed by atoms with Crippen molar-refractivity contribution in [2.75, 3.05) is 26.2 Å². The van der Waals surface area contributed by atoms with Crippen molar-refractivity contribution in [3.63, 3.8) is 0 Å². The molecule has 2 heterocycles. The fourth-order valence-electron chi connectivity index (χ4n) is 9.23. The molecule has 2 saturated carbocycles. The third kappa shape index (κ3) is 4.90. The number of likely N-dealkylation sites (tertiary alicyclic amines) is 1. The van der Waals surface area contributed by atoms with Gasteiger partial charge in [-0.15, -0.1) is 0 Å². The molecule has 0 bridgehead atoms. The van der Waals surface area contributed by atoms with E-state index in [0.29, 0.717) is 23.2 Å². The number of carbonyl (C=O) groups is 1. The summed E-state index contributed by atoms with van der Waals surface area (Å²) in [7, 11) is 0. The molecular weight excluding hydrogens is 470 g/mol. The van der Waals surface area contributed by atoms with Crippen molar-refractivity contribution in [3.05, 3.63) is 47.8 Å². The lowest BCUT2D eigenvalue weighted by Crippen LogP contribution is -2.50. The third-order valence-corrected chi connectivity index (χ3v) is 11.3. The molecule has 5 heteroatoms. The zero-order chi connectivity index (χ0) is 26.2. The zero-order valence-corrected chi connectivity index (χ0v) is 23.6. The van der Waals surface area contributed by atoms with Crippen molar-refractivity contribution in [2.24, 2.45) is 34.5 Å². The van der Waals surface area contributed by atoms with Crippen molar-refractivity contribution >= 4 is 11.5 Å². The molecule has 206 valence electrons. The second-order valence-electron chi connectivity index (χ2n) is 13.3. The number of nitrogens with zero attached hydrogens (tertiary/aromatic N) is 2. The number of carbonyl (C=O) groups excluding carboxylic acids is 1. The van der Waals surface area contributed by atoms with Crippen molar-refractivity contribution in [3.8, 4) is 0 Å². The van der Waals surface area contributed by atoms with Crippen molar-refractivity contribution < 1.29 is 9.63 Å². The van der Waals surface area contributed by atoms with Gasteiger partial charge in [0.2, 0.25) is 0 Å². The van der Waals surface area contributed by atoms with Gasteiger partial charge in [0, 0.05) is 25.4 Å². The molecule has 6 rings (SSSR count). The SMILES string of the molecule is C[C@]12CCC(CNOC(=O)CCCN3CCCC3)C=C1CC[C@H]1[C@@H]2CC[C@]2(C)C(c3cccnc3)=CC[C@@H]12. The maximum Gasteiger partial charge on any atom is 0.324 e. The van der Waals surface area contributed by atoms with Gasteiger partial charge in [-0.1, -0.05) is 37.6 Å². The highest BCUT2D eigenvalue weighted by atomic mass is 16.7.